The lowest BCUT2D eigenvalue weighted by Gasteiger charge is -2.14. The number of carbonyl (C=O) groups excluding carboxylic acids is 1. The van der Waals surface area contributed by atoms with Crippen molar-refractivity contribution in [1.82, 2.24) is 5.32 Å². The molecule has 0 bridgehead atoms. The van der Waals surface area contributed by atoms with E-state index in [0.29, 0.717) is 12.5 Å². The predicted molar refractivity (Wildman–Crippen MR) is 53.7 cm³/mol. The third-order valence-corrected chi connectivity index (χ3v) is 2.05. The quantitative estimate of drug-likeness (QED) is 0.694. The van der Waals surface area contributed by atoms with E-state index in [9.17, 15) is 4.79 Å². The van der Waals surface area contributed by atoms with Gasteiger partial charge in [-0.15, -0.1) is 0 Å². The zero-order chi connectivity index (χ0) is 10.1. The van der Waals surface area contributed by atoms with E-state index in [4.69, 9.17) is 4.74 Å². The van der Waals surface area contributed by atoms with Crippen molar-refractivity contribution in [2.24, 2.45) is 5.92 Å². The smallest absolute Gasteiger partial charge is 0.406 e. The van der Waals surface area contributed by atoms with Gasteiger partial charge in [0.1, 0.15) is 0 Å². The molecule has 0 saturated heterocycles. The van der Waals surface area contributed by atoms with Crippen LogP contribution in [0.1, 0.15) is 39.5 Å². The molecule has 3 heteroatoms. The Bertz CT molecular complexity index is 131. The fourth-order valence-electron chi connectivity index (χ4n) is 1.39. The van der Waals surface area contributed by atoms with Gasteiger partial charge < -0.3 is 10.1 Å². The lowest BCUT2D eigenvalue weighted by Crippen LogP contribution is -2.22. The van der Waals surface area contributed by atoms with Crippen LogP contribution in [0.5, 0.6) is 0 Å². The molecular formula is C10H21NO2. The molecule has 0 unspecified atom stereocenters. The zero-order valence-corrected chi connectivity index (χ0v) is 8.93. The highest BCUT2D eigenvalue weighted by Crippen LogP contribution is 2.13. The highest BCUT2D eigenvalue weighted by Gasteiger charge is 2.08. The first-order valence-corrected chi connectivity index (χ1v) is 5.09. The van der Waals surface area contributed by atoms with Crippen LogP contribution in [-0.2, 0) is 4.74 Å². The molecule has 0 fully saturated rings. The van der Waals surface area contributed by atoms with Gasteiger partial charge in [0.25, 0.3) is 0 Å². The summed E-state index contributed by atoms with van der Waals surface area (Å²) in [5, 5.41) is 2.44. The molecule has 0 aromatic carbocycles. The van der Waals surface area contributed by atoms with Gasteiger partial charge in [0.05, 0.1) is 6.61 Å². The monoisotopic (exact) mass is 187 g/mol. The SMILES string of the molecule is CCCC(CCC)COC(=O)NC. The molecule has 13 heavy (non-hydrogen) atoms. The third kappa shape index (κ3) is 6.43. The lowest BCUT2D eigenvalue weighted by atomic mass is 10.00. The summed E-state index contributed by atoms with van der Waals surface area (Å²) in [6.07, 6.45) is 4.27. The van der Waals surface area contributed by atoms with Gasteiger partial charge >= 0.3 is 6.09 Å². The molecule has 0 radical (unpaired) electrons. The molecule has 0 saturated carbocycles. The van der Waals surface area contributed by atoms with E-state index in [1.165, 1.54) is 0 Å². The van der Waals surface area contributed by atoms with E-state index in [0.717, 1.165) is 25.7 Å². The molecule has 0 rings (SSSR count). The van der Waals surface area contributed by atoms with Gasteiger partial charge in [-0.1, -0.05) is 26.7 Å². The van der Waals surface area contributed by atoms with Gasteiger partial charge in [-0.2, -0.15) is 0 Å². The summed E-state index contributed by atoms with van der Waals surface area (Å²) in [5.74, 6) is 0.535. The Morgan fingerprint density at radius 2 is 1.85 bits per heavy atom. The van der Waals surface area contributed by atoms with Crippen molar-refractivity contribution < 1.29 is 9.53 Å². The highest BCUT2D eigenvalue weighted by molar-refractivity contribution is 5.66. The Morgan fingerprint density at radius 1 is 1.31 bits per heavy atom. The summed E-state index contributed by atoms with van der Waals surface area (Å²) in [7, 11) is 1.58. The highest BCUT2D eigenvalue weighted by atomic mass is 16.5. The molecule has 1 amide bonds. The summed E-state index contributed by atoms with van der Waals surface area (Å²) in [5.41, 5.74) is 0. The number of rotatable bonds is 6. The van der Waals surface area contributed by atoms with Crippen molar-refractivity contribution in [3.8, 4) is 0 Å². The average molecular weight is 187 g/mol. The number of nitrogens with one attached hydrogen (secondary N) is 1. The van der Waals surface area contributed by atoms with Crippen LogP contribution in [0.3, 0.4) is 0 Å². The van der Waals surface area contributed by atoms with Crippen LogP contribution in [0.2, 0.25) is 0 Å². The molecule has 0 aliphatic carbocycles. The second-order valence-electron chi connectivity index (χ2n) is 3.29. The minimum Gasteiger partial charge on any atom is -0.449 e. The van der Waals surface area contributed by atoms with Gasteiger partial charge in [-0.25, -0.2) is 4.79 Å². The van der Waals surface area contributed by atoms with Gasteiger partial charge in [-0.3, -0.25) is 0 Å². The fourth-order valence-corrected chi connectivity index (χ4v) is 1.39. The summed E-state index contributed by atoms with van der Waals surface area (Å²) in [6.45, 7) is 4.87. The Hall–Kier alpha value is -0.730. The van der Waals surface area contributed by atoms with Crippen molar-refractivity contribution in [1.29, 1.82) is 0 Å². The van der Waals surface area contributed by atoms with E-state index in [-0.39, 0.29) is 6.09 Å². The molecule has 3 nitrogen and oxygen atoms in total. The van der Waals surface area contributed by atoms with Crippen LogP contribution in [0.15, 0.2) is 0 Å². The Kier molecular flexibility index (Phi) is 7.45. The maximum atomic E-state index is 10.8. The van der Waals surface area contributed by atoms with Crippen LogP contribution in [0.4, 0.5) is 4.79 Å². The Balaban J connectivity index is 3.61. The van der Waals surface area contributed by atoms with Crippen molar-refractivity contribution >= 4 is 6.09 Å². The normalized spacial score (nSPS) is 10.2. The molecular weight excluding hydrogens is 166 g/mol. The summed E-state index contributed by atoms with van der Waals surface area (Å²) in [4.78, 5) is 10.8. The van der Waals surface area contributed by atoms with Crippen LogP contribution < -0.4 is 5.32 Å². The molecule has 0 atom stereocenters. The fraction of sp³-hybridized carbons (Fsp3) is 0.900. The first kappa shape index (κ1) is 12.3. The number of carbonyl (C=O) groups is 1. The van der Waals surface area contributed by atoms with Crippen molar-refractivity contribution in [3.05, 3.63) is 0 Å². The Labute approximate surface area is 80.8 Å². The number of alkyl carbamates (subject to hydrolysis) is 1. The summed E-state index contributed by atoms with van der Waals surface area (Å²) >= 11 is 0. The number of amides is 1. The van der Waals surface area contributed by atoms with E-state index >= 15 is 0 Å². The second kappa shape index (κ2) is 7.90. The maximum Gasteiger partial charge on any atom is 0.406 e. The van der Waals surface area contributed by atoms with E-state index in [2.05, 4.69) is 19.2 Å². The minimum absolute atomic E-state index is 0.322. The van der Waals surface area contributed by atoms with E-state index < -0.39 is 0 Å². The van der Waals surface area contributed by atoms with Gasteiger partial charge in [0, 0.05) is 7.05 Å². The zero-order valence-electron chi connectivity index (χ0n) is 8.93. The third-order valence-electron chi connectivity index (χ3n) is 2.05. The van der Waals surface area contributed by atoms with Crippen LogP contribution in [0.25, 0.3) is 0 Å². The first-order chi connectivity index (χ1) is 6.24. The standard InChI is InChI=1S/C10H21NO2/c1-4-6-9(7-5-2)8-13-10(12)11-3/h9H,4-8H2,1-3H3,(H,11,12). The Morgan fingerprint density at radius 3 is 2.23 bits per heavy atom. The molecule has 0 aromatic heterocycles. The van der Waals surface area contributed by atoms with Crippen molar-refractivity contribution in [3.63, 3.8) is 0 Å². The van der Waals surface area contributed by atoms with Crippen LogP contribution >= 0.6 is 0 Å². The molecule has 0 heterocycles. The first-order valence-electron chi connectivity index (χ1n) is 5.09. The molecule has 78 valence electrons. The van der Waals surface area contributed by atoms with E-state index in [1.54, 1.807) is 7.05 Å². The average Bonchev–Trinajstić information content (AvgIpc) is 2.14. The summed E-state index contributed by atoms with van der Waals surface area (Å²) in [6, 6.07) is 0. The number of ether oxygens (including phenoxy) is 1. The van der Waals surface area contributed by atoms with Crippen LogP contribution in [0, 0.1) is 5.92 Å². The molecule has 0 aliphatic heterocycles. The second-order valence-corrected chi connectivity index (χ2v) is 3.29. The molecule has 0 aliphatic rings. The summed E-state index contributed by atoms with van der Waals surface area (Å²) < 4.78 is 5.01. The van der Waals surface area contributed by atoms with Gasteiger partial charge in [-0.05, 0) is 18.8 Å². The maximum absolute atomic E-state index is 10.8. The number of hydrogen-bond acceptors (Lipinski definition) is 2. The van der Waals surface area contributed by atoms with E-state index in [1.807, 2.05) is 0 Å². The van der Waals surface area contributed by atoms with Crippen molar-refractivity contribution in [2.45, 2.75) is 39.5 Å². The molecule has 1 N–H and O–H groups in total. The van der Waals surface area contributed by atoms with Crippen molar-refractivity contribution in [2.75, 3.05) is 13.7 Å². The van der Waals surface area contributed by atoms with Gasteiger partial charge in [0.15, 0.2) is 0 Å². The largest absolute Gasteiger partial charge is 0.449 e. The molecule has 0 spiro atoms. The number of hydrogen-bond donors (Lipinski definition) is 1. The topological polar surface area (TPSA) is 38.3 Å². The molecule has 0 aromatic rings. The predicted octanol–water partition coefficient (Wildman–Crippen LogP) is 2.56. The van der Waals surface area contributed by atoms with Crippen LogP contribution in [-0.4, -0.2) is 19.7 Å². The van der Waals surface area contributed by atoms with Gasteiger partial charge in [0.2, 0.25) is 0 Å². The lowest BCUT2D eigenvalue weighted by molar-refractivity contribution is 0.123. The minimum atomic E-state index is -0.322.